The highest BCUT2D eigenvalue weighted by Gasteiger charge is 2.20. The van der Waals surface area contributed by atoms with Gasteiger partial charge in [0, 0.05) is 17.5 Å². The van der Waals surface area contributed by atoms with Gasteiger partial charge in [-0.2, -0.15) is 0 Å². The van der Waals surface area contributed by atoms with Crippen molar-refractivity contribution in [3.63, 3.8) is 0 Å². The van der Waals surface area contributed by atoms with Crippen LogP contribution >= 0.6 is 11.3 Å². The molecule has 0 aliphatic carbocycles. The van der Waals surface area contributed by atoms with Crippen LogP contribution in [0, 0.1) is 11.6 Å². The first-order valence-electron chi connectivity index (χ1n) is 9.35. The third-order valence-corrected chi connectivity index (χ3v) is 6.82. The van der Waals surface area contributed by atoms with Crippen molar-refractivity contribution < 1.29 is 22.0 Å². The molecule has 0 bridgehead atoms. The third-order valence-electron chi connectivity index (χ3n) is 4.59. The van der Waals surface area contributed by atoms with Crippen molar-refractivity contribution in [3.8, 4) is 21.7 Å². The minimum Gasteiger partial charge on any atom is -0.320 e. The number of sulfone groups is 1. The second kappa shape index (κ2) is 8.60. The summed E-state index contributed by atoms with van der Waals surface area (Å²) < 4.78 is 50.1. The topological polar surface area (TPSA) is 76.1 Å². The molecule has 0 saturated heterocycles. The maximum absolute atomic E-state index is 13.4. The van der Waals surface area contributed by atoms with Crippen molar-refractivity contribution in [2.24, 2.45) is 0 Å². The molecule has 3 aromatic carbocycles. The number of carbonyl (C=O) groups is 1. The predicted octanol–water partition coefficient (Wildman–Crippen LogP) is 5.41. The summed E-state index contributed by atoms with van der Waals surface area (Å²) in [4.78, 5) is 18.0. The summed E-state index contributed by atoms with van der Waals surface area (Å²) in [5.41, 5.74) is 2.14. The Labute approximate surface area is 187 Å². The van der Waals surface area contributed by atoms with Crippen molar-refractivity contribution in [3.05, 3.63) is 89.4 Å². The van der Waals surface area contributed by atoms with Gasteiger partial charge in [0.1, 0.15) is 11.6 Å². The van der Waals surface area contributed by atoms with Gasteiger partial charge in [-0.3, -0.25) is 4.79 Å². The first kappa shape index (κ1) is 21.8. The lowest BCUT2D eigenvalue weighted by Gasteiger charge is -2.04. The van der Waals surface area contributed by atoms with E-state index in [2.05, 4.69) is 10.3 Å². The fourth-order valence-electron chi connectivity index (χ4n) is 2.99. The van der Waals surface area contributed by atoms with Crippen LogP contribution in [0.1, 0.15) is 9.80 Å². The minimum absolute atomic E-state index is 0.149. The number of amides is 1. The molecule has 1 amide bonds. The Morgan fingerprint density at radius 1 is 0.844 bits per heavy atom. The van der Waals surface area contributed by atoms with Crippen molar-refractivity contribution in [1.82, 2.24) is 4.98 Å². The molecule has 0 unspecified atom stereocenters. The van der Waals surface area contributed by atoms with Gasteiger partial charge in [-0.25, -0.2) is 22.2 Å². The highest BCUT2D eigenvalue weighted by Crippen LogP contribution is 2.37. The number of benzene rings is 3. The first-order valence-corrected chi connectivity index (χ1v) is 12.1. The summed E-state index contributed by atoms with van der Waals surface area (Å²) in [7, 11) is -3.37. The molecule has 162 valence electrons. The zero-order valence-corrected chi connectivity index (χ0v) is 18.3. The quantitative estimate of drug-likeness (QED) is 0.423. The van der Waals surface area contributed by atoms with Crippen LogP contribution in [-0.2, 0) is 9.84 Å². The Balaban J connectivity index is 1.75. The van der Waals surface area contributed by atoms with Gasteiger partial charge in [0.2, 0.25) is 0 Å². The molecule has 0 spiro atoms. The number of aromatic nitrogens is 1. The summed E-state index contributed by atoms with van der Waals surface area (Å²) in [6.45, 7) is 0. The average Bonchev–Trinajstić information content (AvgIpc) is 3.21. The van der Waals surface area contributed by atoms with E-state index in [0.29, 0.717) is 27.4 Å². The molecule has 0 radical (unpaired) electrons. The molecule has 0 aliphatic rings. The summed E-state index contributed by atoms with van der Waals surface area (Å²) in [5, 5.41) is 2.82. The van der Waals surface area contributed by atoms with Gasteiger partial charge >= 0.3 is 0 Å². The van der Waals surface area contributed by atoms with E-state index in [4.69, 9.17) is 0 Å². The maximum Gasteiger partial charge on any atom is 0.284 e. The van der Waals surface area contributed by atoms with Gasteiger partial charge in [0.05, 0.1) is 15.5 Å². The average molecular weight is 471 g/mol. The van der Waals surface area contributed by atoms with Crippen molar-refractivity contribution in [2.75, 3.05) is 11.6 Å². The number of hydrogen-bond acceptors (Lipinski definition) is 5. The van der Waals surface area contributed by atoms with Crippen LogP contribution in [0.25, 0.3) is 21.7 Å². The van der Waals surface area contributed by atoms with Crippen LogP contribution in [0.5, 0.6) is 0 Å². The summed E-state index contributed by atoms with van der Waals surface area (Å²) in [6, 6.07) is 17.3. The summed E-state index contributed by atoms with van der Waals surface area (Å²) >= 11 is 1.12. The molecule has 0 atom stereocenters. The largest absolute Gasteiger partial charge is 0.320 e. The van der Waals surface area contributed by atoms with E-state index in [-0.39, 0.29) is 9.90 Å². The zero-order chi connectivity index (χ0) is 22.9. The number of hydrogen-bond donors (Lipinski definition) is 1. The molecule has 32 heavy (non-hydrogen) atoms. The Kier molecular flexibility index (Phi) is 5.86. The maximum atomic E-state index is 13.4. The Hall–Kier alpha value is -3.43. The highest BCUT2D eigenvalue weighted by atomic mass is 32.2. The second-order valence-corrected chi connectivity index (χ2v) is 9.98. The van der Waals surface area contributed by atoms with Crippen LogP contribution in [0.2, 0.25) is 0 Å². The predicted molar refractivity (Wildman–Crippen MR) is 120 cm³/mol. The van der Waals surface area contributed by atoms with Crippen LogP contribution in [0.3, 0.4) is 0 Å². The lowest BCUT2D eigenvalue weighted by Crippen LogP contribution is -2.11. The van der Waals surface area contributed by atoms with E-state index >= 15 is 0 Å². The summed E-state index contributed by atoms with van der Waals surface area (Å²) in [5.74, 6) is -1.30. The zero-order valence-electron chi connectivity index (χ0n) is 16.7. The molecule has 4 rings (SSSR count). The lowest BCUT2D eigenvalue weighted by molar-refractivity contribution is 0.102. The third kappa shape index (κ3) is 4.74. The molecule has 1 N–H and O–H groups in total. The number of anilines is 1. The summed E-state index contributed by atoms with van der Waals surface area (Å²) in [6.07, 6.45) is 1.12. The van der Waals surface area contributed by atoms with Gasteiger partial charge in [-0.15, -0.1) is 11.3 Å². The van der Waals surface area contributed by atoms with Crippen LogP contribution in [0.4, 0.5) is 14.5 Å². The van der Waals surface area contributed by atoms with Crippen LogP contribution in [0.15, 0.2) is 77.7 Å². The smallest absolute Gasteiger partial charge is 0.284 e. The standard InChI is InChI=1S/C23H16F2N2O3S2/c1-32(29,30)19-12-4-14(5-13-19)20-21(15-2-6-16(24)7-3-15)31-23(27-20)22(28)26-18-10-8-17(25)9-11-18/h2-13H,1H3,(H,26,28). The fraction of sp³-hybridized carbons (Fsp3) is 0.0435. The fourth-order valence-corrected chi connectivity index (χ4v) is 4.61. The molecule has 1 heterocycles. The van der Waals surface area contributed by atoms with E-state index in [9.17, 15) is 22.0 Å². The molecule has 0 aliphatic heterocycles. The van der Waals surface area contributed by atoms with Gasteiger partial charge in [-0.05, 0) is 54.1 Å². The monoisotopic (exact) mass is 470 g/mol. The van der Waals surface area contributed by atoms with Crippen molar-refractivity contribution in [2.45, 2.75) is 4.90 Å². The highest BCUT2D eigenvalue weighted by molar-refractivity contribution is 7.90. The number of nitrogens with zero attached hydrogens (tertiary/aromatic N) is 1. The molecule has 5 nitrogen and oxygen atoms in total. The van der Waals surface area contributed by atoms with Gasteiger partial charge in [0.15, 0.2) is 14.8 Å². The van der Waals surface area contributed by atoms with Crippen LogP contribution in [-0.4, -0.2) is 25.6 Å². The molecule has 4 aromatic rings. The number of thiazole rings is 1. The van der Waals surface area contributed by atoms with E-state index in [1.54, 1.807) is 24.3 Å². The van der Waals surface area contributed by atoms with Crippen molar-refractivity contribution >= 4 is 32.8 Å². The molecule has 9 heteroatoms. The van der Waals surface area contributed by atoms with E-state index in [1.165, 1.54) is 48.5 Å². The van der Waals surface area contributed by atoms with Gasteiger partial charge < -0.3 is 5.32 Å². The normalized spacial score (nSPS) is 11.3. The molecule has 0 saturated carbocycles. The van der Waals surface area contributed by atoms with Gasteiger partial charge in [0.25, 0.3) is 5.91 Å². The number of rotatable bonds is 5. The molecular formula is C23H16F2N2O3S2. The number of carbonyl (C=O) groups excluding carboxylic acids is 1. The first-order chi connectivity index (χ1) is 15.2. The van der Waals surface area contributed by atoms with Crippen molar-refractivity contribution in [1.29, 1.82) is 0 Å². The minimum atomic E-state index is -3.37. The van der Waals surface area contributed by atoms with Gasteiger partial charge in [-0.1, -0.05) is 24.3 Å². The van der Waals surface area contributed by atoms with E-state index in [1.807, 2.05) is 0 Å². The van der Waals surface area contributed by atoms with E-state index < -0.39 is 27.4 Å². The molecule has 1 aromatic heterocycles. The number of nitrogens with one attached hydrogen (secondary N) is 1. The lowest BCUT2D eigenvalue weighted by atomic mass is 10.1. The Morgan fingerprint density at radius 2 is 1.38 bits per heavy atom. The number of halogens is 2. The van der Waals surface area contributed by atoms with Crippen LogP contribution < -0.4 is 5.32 Å². The SMILES string of the molecule is CS(=O)(=O)c1ccc(-c2nc(C(=O)Nc3ccc(F)cc3)sc2-c2ccc(F)cc2)cc1. The Morgan fingerprint density at radius 3 is 1.94 bits per heavy atom. The molecule has 0 fully saturated rings. The van der Waals surface area contributed by atoms with E-state index in [0.717, 1.165) is 17.6 Å². The molecular weight excluding hydrogens is 454 g/mol. The second-order valence-electron chi connectivity index (χ2n) is 6.96. The Bertz CT molecular complexity index is 1380.